The Morgan fingerprint density at radius 1 is 1.26 bits per heavy atom. The fourth-order valence-electron chi connectivity index (χ4n) is 3.55. The topological polar surface area (TPSA) is 85.3 Å². The zero-order chi connectivity index (χ0) is 19.1. The SMILES string of the molecule is Cc1cc(C(=O)N2CCC[C@@H](c3cc(C(F)F)c4c(C)noc4n3)C2)on1. The normalized spacial score (nSPS) is 17.8. The average Bonchev–Trinajstić information content (AvgIpc) is 3.26. The highest BCUT2D eigenvalue weighted by molar-refractivity contribution is 5.91. The summed E-state index contributed by atoms with van der Waals surface area (Å²) in [7, 11) is 0. The van der Waals surface area contributed by atoms with Crippen molar-refractivity contribution in [2.45, 2.75) is 39.0 Å². The number of pyridine rings is 1. The standard InChI is InChI=1S/C18H18F2N4O3/c1-9-6-14(26-22-9)18(25)24-5-3-4-11(8-24)13-7-12(16(19)20)15-10(2)23-27-17(15)21-13/h6-7,11,16H,3-5,8H2,1-2H3/t11-/m1/s1. The van der Waals surface area contributed by atoms with Crippen LogP contribution in [0.15, 0.2) is 21.2 Å². The smallest absolute Gasteiger partial charge is 0.292 e. The van der Waals surface area contributed by atoms with Crippen LogP contribution in [0.3, 0.4) is 0 Å². The van der Waals surface area contributed by atoms with E-state index in [4.69, 9.17) is 9.05 Å². The monoisotopic (exact) mass is 376 g/mol. The molecule has 4 rings (SSSR count). The van der Waals surface area contributed by atoms with E-state index in [1.807, 2.05) is 0 Å². The van der Waals surface area contributed by atoms with Gasteiger partial charge in [0.15, 0.2) is 0 Å². The number of nitrogens with zero attached hydrogens (tertiary/aromatic N) is 4. The van der Waals surface area contributed by atoms with Crippen LogP contribution >= 0.6 is 0 Å². The Morgan fingerprint density at radius 3 is 2.78 bits per heavy atom. The molecule has 0 radical (unpaired) electrons. The first kappa shape index (κ1) is 17.6. The molecule has 0 aromatic carbocycles. The van der Waals surface area contributed by atoms with Gasteiger partial charge in [-0.05, 0) is 32.8 Å². The van der Waals surface area contributed by atoms with E-state index in [0.717, 1.165) is 12.8 Å². The maximum Gasteiger partial charge on any atom is 0.292 e. The molecule has 1 amide bonds. The van der Waals surface area contributed by atoms with Crippen LogP contribution in [-0.2, 0) is 0 Å². The van der Waals surface area contributed by atoms with Gasteiger partial charge in [-0.1, -0.05) is 10.3 Å². The second kappa shape index (κ2) is 6.71. The summed E-state index contributed by atoms with van der Waals surface area (Å²) in [6.07, 6.45) is -1.18. The van der Waals surface area contributed by atoms with Gasteiger partial charge in [0.1, 0.15) is 0 Å². The summed E-state index contributed by atoms with van der Waals surface area (Å²) in [4.78, 5) is 18.6. The molecule has 3 aromatic rings. The van der Waals surface area contributed by atoms with Crippen LogP contribution in [0.4, 0.5) is 8.78 Å². The van der Waals surface area contributed by atoms with E-state index < -0.39 is 6.43 Å². The van der Waals surface area contributed by atoms with Gasteiger partial charge in [0.2, 0.25) is 5.76 Å². The molecule has 0 saturated carbocycles. The third-order valence-electron chi connectivity index (χ3n) is 4.87. The van der Waals surface area contributed by atoms with Gasteiger partial charge in [0.05, 0.1) is 16.8 Å². The summed E-state index contributed by atoms with van der Waals surface area (Å²) in [6, 6.07) is 3.00. The summed E-state index contributed by atoms with van der Waals surface area (Å²) < 4.78 is 37.3. The number of carbonyl (C=O) groups is 1. The van der Waals surface area contributed by atoms with Crippen molar-refractivity contribution in [3.05, 3.63) is 40.5 Å². The lowest BCUT2D eigenvalue weighted by Crippen LogP contribution is -2.39. The molecule has 0 bridgehead atoms. The van der Waals surface area contributed by atoms with Gasteiger partial charge in [-0.25, -0.2) is 13.8 Å². The predicted molar refractivity (Wildman–Crippen MR) is 90.6 cm³/mol. The average molecular weight is 376 g/mol. The van der Waals surface area contributed by atoms with Crippen molar-refractivity contribution in [2.75, 3.05) is 13.1 Å². The molecule has 0 unspecified atom stereocenters. The van der Waals surface area contributed by atoms with Gasteiger partial charge < -0.3 is 13.9 Å². The summed E-state index contributed by atoms with van der Waals surface area (Å²) >= 11 is 0. The Labute approximate surface area is 153 Å². The number of carbonyl (C=O) groups excluding carboxylic acids is 1. The van der Waals surface area contributed by atoms with Crippen LogP contribution in [-0.4, -0.2) is 39.2 Å². The molecule has 0 aliphatic carbocycles. The number of hydrogen-bond donors (Lipinski definition) is 0. The van der Waals surface area contributed by atoms with Crippen molar-refractivity contribution in [3.8, 4) is 0 Å². The van der Waals surface area contributed by atoms with E-state index >= 15 is 0 Å². The highest BCUT2D eigenvalue weighted by Gasteiger charge is 2.30. The van der Waals surface area contributed by atoms with Gasteiger partial charge in [-0.2, -0.15) is 0 Å². The number of alkyl halides is 2. The van der Waals surface area contributed by atoms with Crippen LogP contribution in [0, 0.1) is 13.8 Å². The zero-order valence-corrected chi connectivity index (χ0v) is 14.9. The van der Waals surface area contributed by atoms with E-state index in [2.05, 4.69) is 15.3 Å². The van der Waals surface area contributed by atoms with Crippen molar-refractivity contribution < 1.29 is 22.6 Å². The first-order valence-electron chi connectivity index (χ1n) is 8.71. The van der Waals surface area contributed by atoms with Crippen LogP contribution in [0.2, 0.25) is 0 Å². The Hall–Kier alpha value is -2.84. The maximum absolute atomic E-state index is 13.5. The van der Waals surface area contributed by atoms with E-state index in [1.165, 1.54) is 6.07 Å². The first-order chi connectivity index (χ1) is 12.9. The van der Waals surface area contributed by atoms with Crippen LogP contribution < -0.4 is 0 Å². The summed E-state index contributed by atoms with van der Waals surface area (Å²) in [5.74, 6) is -0.249. The molecule has 27 heavy (non-hydrogen) atoms. The Balaban J connectivity index is 1.64. The minimum atomic E-state index is -2.66. The molecule has 4 heterocycles. The molecule has 1 fully saturated rings. The molecule has 1 aliphatic rings. The number of aromatic nitrogens is 3. The molecule has 142 valence electrons. The Morgan fingerprint density at radius 2 is 2.07 bits per heavy atom. The Kier molecular flexibility index (Phi) is 4.37. The van der Waals surface area contributed by atoms with Crippen LogP contribution in [0.25, 0.3) is 11.1 Å². The molecular formula is C18H18F2N4O3. The van der Waals surface area contributed by atoms with Crippen molar-refractivity contribution in [1.29, 1.82) is 0 Å². The van der Waals surface area contributed by atoms with Crippen molar-refractivity contribution in [3.63, 3.8) is 0 Å². The van der Waals surface area contributed by atoms with Crippen molar-refractivity contribution in [2.24, 2.45) is 0 Å². The summed E-state index contributed by atoms with van der Waals surface area (Å²) in [6.45, 7) is 4.29. The van der Waals surface area contributed by atoms with E-state index in [1.54, 1.807) is 24.8 Å². The van der Waals surface area contributed by atoms with Gasteiger partial charge in [0.25, 0.3) is 18.0 Å². The third-order valence-corrected chi connectivity index (χ3v) is 4.87. The fourth-order valence-corrected chi connectivity index (χ4v) is 3.55. The quantitative estimate of drug-likeness (QED) is 0.691. The van der Waals surface area contributed by atoms with Gasteiger partial charge in [0, 0.05) is 36.3 Å². The summed E-state index contributed by atoms with van der Waals surface area (Å²) in [5, 5.41) is 7.75. The first-order valence-corrected chi connectivity index (χ1v) is 8.71. The maximum atomic E-state index is 13.5. The van der Waals surface area contributed by atoms with Crippen LogP contribution in [0.1, 0.15) is 58.4 Å². The number of fused-ring (bicyclic) bond motifs is 1. The lowest BCUT2D eigenvalue weighted by molar-refractivity contribution is 0.0663. The van der Waals surface area contributed by atoms with Crippen molar-refractivity contribution in [1.82, 2.24) is 20.2 Å². The van der Waals surface area contributed by atoms with E-state index in [0.29, 0.717) is 30.2 Å². The number of halogens is 2. The van der Waals surface area contributed by atoms with Gasteiger partial charge in [-0.15, -0.1) is 0 Å². The number of hydrogen-bond acceptors (Lipinski definition) is 6. The highest BCUT2D eigenvalue weighted by atomic mass is 19.3. The Bertz CT molecular complexity index is 998. The largest absolute Gasteiger partial charge is 0.351 e. The molecule has 1 saturated heterocycles. The molecular weight excluding hydrogens is 358 g/mol. The number of rotatable bonds is 3. The molecule has 0 N–H and O–H groups in total. The van der Waals surface area contributed by atoms with E-state index in [-0.39, 0.29) is 34.2 Å². The molecule has 1 aliphatic heterocycles. The zero-order valence-electron chi connectivity index (χ0n) is 14.9. The fraction of sp³-hybridized carbons (Fsp3) is 0.444. The number of piperidine rings is 1. The molecule has 0 spiro atoms. The second-order valence-electron chi connectivity index (χ2n) is 6.81. The minimum absolute atomic E-state index is 0.106. The van der Waals surface area contributed by atoms with Crippen LogP contribution in [0.5, 0.6) is 0 Å². The number of likely N-dealkylation sites (tertiary alicyclic amines) is 1. The molecule has 7 nitrogen and oxygen atoms in total. The lowest BCUT2D eigenvalue weighted by atomic mass is 9.92. The third kappa shape index (κ3) is 3.17. The molecule has 3 aromatic heterocycles. The predicted octanol–water partition coefficient (Wildman–Crippen LogP) is 3.79. The lowest BCUT2D eigenvalue weighted by Gasteiger charge is -2.32. The highest BCUT2D eigenvalue weighted by Crippen LogP contribution is 2.34. The number of aryl methyl sites for hydroxylation is 2. The van der Waals surface area contributed by atoms with Gasteiger partial charge in [-0.3, -0.25) is 4.79 Å². The van der Waals surface area contributed by atoms with Gasteiger partial charge >= 0.3 is 0 Å². The molecule has 9 heteroatoms. The van der Waals surface area contributed by atoms with E-state index in [9.17, 15) is 13.6 Å². The summed E-state index contributed by atoms with van der Waals surface area (Å²) in [5.41, 5.74) is 1.47. The second-order valence-corrected chi connectivity index (χ2v) is 6.81. The van der Waals surface area contributed by atoms with Crippen molar-refractivity contribution >= 4 is 17.0 Å². The number of amides is 1. The minimum Gasteiger partial charge on any atom is -0.351 e. The molecule has 1 atom stereocenters.